The highest BCUT2D eigenvalue weighted by molar-refractivity contribution is 6.30. The second kappa shape index (κ2) is 7.30. The lowest BCUT2D eigenvalue weighted by Crippen LogP contribution is -2.27. The summed E-state index contributed by atoms with van der Waals surface area (Å²) in [6.45, 7) is 0. The highest BCUT2D eigenvalue weighted by Crippen LogP contribution is 2.29. The normalized spacial score (nSPS) is 11.8. The van der Waals surface area contributed by atoms with E-state index in [1.807, 2.05) is 78.9 Å². The van der Waals surface area contributed by atoms with Crippen LogP contribution in [-0.2, 0) is 4.79 Å². The van der Waals surface area contributed by atoms with E-state index < -0.39 is 11.8 Å². The molecule has 3 aromatic carbocycles. The minimum absolute atomic E-state index is 0.468. The molecule has 0 saturated heterocycles. The Kier molecular flexibility index (Phi) is 4.94. The first kappa shape index (κ1) is 16.2. The van der Waals surface area contributed by atoms with Crippen LogP contribution < -0.4 is 5.48 Å². The Labute approximate surface area is 145 Å². The van der Waals surface area contributed by atoms with Gasteiger partial charge in [-0.1, -0.05) is 78.3 Å². The molecule has 0 bridgehead atoms. The molecule has 1 amide bonds. The van der Waals surface area contributed by atoms with E-state index >= 15 is 0 Å². The quantitative estimate of drug-likeness (QED) is 0.538. The number of amides is 1. The van der Waals surface area contributed by atoms with Crippen LogP contribution in [0.5, 0.6) is 0 Å². The summed E-state index contributed by atoms with van der Waals surface area (Å²) in [5.41, 5.74) is 5.31. The van der Waals surface area contributed by atoms with E-state index in [2.05, 4.69) is 0 Å². The SMILES string of the molecule is O=C(NO)C(c1ccccc1)c1cccc(-c2cccc(Cl)c2)c1. The molecule has 2 N–H and O–H groups in total. The van der Waals surface area contributed by atoms with Crippen molar-refractivity contribution in [1.29, 1.82) is 0 Å². The zero-order valence-corrected chi connectivity index (χ0v) is 13.6. The first-order valence-electron chi connectivity index (χ1n) is 7.54. The molecular formula is C20H16ClNO2. The summed E-state index contributed by atoms with van der Waals surface area (Å²) in [4.78, 5) is 12.2. The van der Waals surface area contributed by atoms with Crippen LogP contribution >= 0.6 is 11.6 Å². The Morgan fingerprint density at radius 1 is 0.833 bits per heavy atom. The van der Waals surface area contributed by atoms with E-state index in [4.69, 9.17) is 16.8 Å². The number of hydrogen-bond donors (Lipinski definition) is 2. The number of hydroxylamine groups is 1. The first-order chi connectivity index (χ1) is 11.7. The monoisotopic (exact) mass is 337 g/mol. The number of carbonyl (C=O) groups is 1. The molecule has 0 heterocycles. The standard InChI is InChI=1S/C20H16ClNO2/c21-18-11-5-9-16(13-18)15-8-4-10-17(12-15)19(20(23)22-24)14-6-2-1-3-7-14/h1-13,19,24H,(H,22,23). The molecule has 120 valence electrons. The summed E-state index contributed by atoms with van der Waals surface area (Å²) in [5, 5.41) is 9.79. The molecule has 0 aliphatic carbocycles. The zero-order chi connectivity index (χ0) is 16.9. The maximum Gasteiger partial charge on any atom is 0.255 e. The third kappa shape index (κ3) is 3.48. The van der Waals surface area contributed by atoms with Gasteiger partial charge in [-0.3, -0.25) is 10.0 Å². The van der Waals surface area contributed by atoms with Gasteiger partial charge >= 0.3 is 0 Å². The van der Waals surface area contributed by atoms with Gasteiger partial charge in [-0.25, -0.2) is 5.48 Å². The van der Waals surface area contributed by atoms with Crippen LogP contribution in [0.15, 0.2) is 78.9 Å². The predicted octanol–water partition coefficient (Wildman–Crippen LogP) is 4.64. The Hall–Kier alpha value is -2.62. The fourth-order valence-electron chi connectivity index (χ4n) is 2.77. The van der Waals surface area contributed by atoms with Crippen LogP contribution in [0.2, 0.25) is 5.02 Å². The second-order valence-corrected chi connectivity index (χ2v) is 5.89. The van der Waals surface area contributed by atoms with Crippen LogP contribution in [0.3, 0.4) is 0 Å². The number of carbonyl (C=O) groups excluding carboxylic acids is 1. The lowest BCUT2D eigenvalue weighted by molar-refractivity contribution is -0.129. The molecule has 3 nitrogen and oxygen atoms in total. The van der Waals surface area contributed by atoms with E-state index in [0.29, 0.717) is 5.02 Å². The molecule has 0 aromatic heterocycles. The molecule has 3 rings (SSSR count). The average Bonchev–Trinajstić information content (AvgIpc) is 2.63. The van der Waals surface area contributed by atoms with Gasteiger partial charge in [0.25, 0.3) is 5.91 Å². The van der Waals surface area contributed by atoms with Crippen molar-refractivity contribution in [2.75, 3.05) is 0 Å². The van der Waals surface area contributed by atoms with Gasteiger partial charge in [0.05, 0.1) is 5.92 Å². The van der Waals surface area contributed by atoms with Gasteiger partial charge in [0.2, 0.25) is 0 Å². The Bertz CT molecular complexity index is 849. The highest BCUT2D eigenvalue weighted by Gasteiger charge is 2.22. The average molecular weight is 338 g/mol. The largest absolute Gasteiger partial charge is 0.289 e. The molecule has 1 atom stereocenters. The molecule has 24 heavy (non-hydrogen) atoms. The summed E-state index contributed by atoms with van der Waals surface area (Å²) in [5.74, 6) is -1.06. The molecule has 0 aliphatic heterocycles. The third-order valence-corrected chi connectivity index (χ3v) is 4.12. The minimum atomic E-state index is -0.588. The summed E-state index contributed by atoms with van der Waals surface area (Å²) in [7, 11) is 0. The Morgan fingerprint density at radius 3 is 2.12 bits per heavy atom. The third-order valence-electron chi connectivity index (χ3n) is 3.88. The van der Waals surface area contributed by atoms with E-state index in [0.717, 1.165) is 22.3 Å². The van der Waals surface area contributed by atoms with Crippen molar-refractivity contribution >= 4 is 17.5 Å². The lowest BCUT2D eigenvalue weighted by atomic mass is 9.89. The number of nitrogens with one attached hydrogen (secondary N) is 1. The van der Waals surface area contributed by atoms with Gasteiger partial charge in [-0.2, -0.15) is 0 Å². The number of halogens is 1. The molecule has 3 aromatic rings. The maximum absolute atomic E-state index is 12.2. The van der Waals surface area contributed by atoms with Gasteiger partial charge in [-0.05, 0) is 34.4 Å². The first-order valence-corrected chi connectivity index (χ1v) is 7.91. The van der Waals surface area contributed by atoms with Crippen molar-refractivity contribution in [3.63, 3.8) is 0 Å². The van der Waals surface area contributed by atoms with Crippen molar-refractivity contribution in [3.8, 4) is 11.1 Å². The molecule has 4 heteroatoms. The van der Waals surface area contributed by atoms with Gasteiger partial charge in [0, 0.05) is 5.02 Å². The molecule has 0 radical (unpaired) electrons. The fourth-order valence-corrected chi connectivity index (χ4v) is 2.96. The van der Waals surface area contributed by atoms with Gasteiger partial charge in [0.1, 0.15) is 0 Å². The van der Waals surface area contributed by atoms with Crippen LogP contribution in [-0.4, -0.2) is 11.1 Å². The van der Waals surface area contributed by atoms with Crippen LogP contribution in [0, 0.1) is 0 Å². The number of benzene rings is 3. The van der Waals surface area contributed by atoms with Gasteiger partial charge < -0.3 is 0 Å². The maximum atomic E-state index is 12.2. The topological polar surface area (TPSA) is 49.3 Å². The molecule has 0 saturated carbocycles. The predicted molar refractivity (Wildman–Crippen MR) is 95.1 cm³/mol. The van der Waals surface area contributed by atoms with Crippen LogP contribution in [0.4, 0.5) is 0 Å². The Balaban J connectivity index is 2.06. The second-order valence-electron chi connectivity index (χ2n) is 5.46. The summed E-state index contributed by atoms with van der Waals surface area (Å²) < 4.78 is 0. The molecule has 0 fully saturated rings. The highest BCUT2D eigenvalue weighted by atomic mass is 35.5. The van der Waals surface area contributed by atoms with Gasteiger partial charge in [0.15, 0.2) is 0 Å². The molecular weight excluding hydrogens is 322 g/mol. The lowest BCUT2D eigenvalue weighted by Gasteiger charge is -2.17. The fraction of sp³-hybridized carbons (Fsp3) is 0.0500. The summed E-state index contributed by atoms with van der Waals surface area (Å²) >= 11 is 6.07. The van der Waals surface area contributed by atoms with Crippen molar-refractivity contribution in [2.24, 2.45) is 0 Å². The van der Waals surface area contributed by atoms with Crippen LogP contribution in [0.25, 0.3) is 11.1 Å². The Morgan fingerprint density at radius 2 is 1.46 bits per heavy atom. The van der Waals surface area contributed by atoms with Gasteiger partial charge in [-0.15, -0.1) is 0 Å². The number of hydrogen-bond acceptors (Lipinski definition) is 2. The minimum Gasteiger partial charge on any atom is -0.289 e. The molecule has 0 spiro atoms. The van der Waals surface area contributed by atoms with Crippen molar-refractivity contribution in [3.05, 3.63) is 95.0 Å². The van der Waals surface area contributed by atoms with E-state index in [1.165, 1.54) is 0 Å². The van der Waals surface area contributed by atoms with E-state index in [1.54, 1.807) is 5.48 Å². The van der Waals surface area contributed by atoms with E-state index in [-0.39, 0.29) is 0 Å². The zero-order valence-electron chi connectivity index (χ0n) is 12.8. The van der Waals surface area contributed by atoms with Crippen molar-refractivity contribution < 1.29 is 10.0 Å². The summed E-state index contributed by atoms with van der Waals surface area (Å²) in [6.07, 6.45) is 0. The molecule has 0 aliphatic rings. The van der Waals surface area contributed by atoms with Crippen molar-refractivity contribution in [1.82, 2.24) is 5.48 Å². The van der Waals surface area contributed by atoms with Crippen LogP contribution in [0.1, 0.15) is 17.0 Å². The van der Waals surface area contributed by atoms with Crippen molar-refractivity contribution in [2.45, 2.75) is 5.92 Å². The molecule has 1 unspecified atom stereocenters. The summed E-state index contributed by atoms with van der Waals surface area (Å²) in [6, 6.07) is 24.6. The van der Waals surface area contributed by atoms with E-state index in [9.17, 15) is 4.79 Å². The number of rotatable bonds is 4. The smallest absolute Gasteiger partial charge is 0.255 e.